The molecule has 80 valence electrons. The standard InChI is InChI=1S/C7H11ClO.2C2H6/c1-7(6(8)9)4-2-3-5-7;2*1-2/h2-5H2,1H3;2*1-2H3. The number of carbonyl (C=O) groups excluding carboxylic acids is 1. The third kappa shape index (κ3) is 5.30. The van der Waals surface area contributed by atoms with Crippen LogP contribution in [0, 0.1) is 5.41 Å². The lowest BCUT2D eigenvalue weighted by Crippen LogP contribution is -2.18. The molecule has 13 heavy (non-hydrogen) atoms. The van der Waals surface area contributed by atoms with Crippen molar-refractivity contribution in [2.75, 3.05) is 0 Å². The molecule has 1 nitrogen and oxygen atoms in total. The normalized spacial score (nSPS) is 17.7. The van der Waals surface area contributed by atoms with Crippen LogP contribution < -0.4 is 0 Å². The van der Waals surface area contributed by atoms with Gasteiger partial charge in [-0.1, -0.05) is 47.5 Å². The van der Waals surface area contributed by atoms with Crippen LogP contribution in [0.25, 0.3) is 0 Å². The van der Waals surface area contributed by atoms with E-state index in [0.29, 0.717) is 0 Å². The highest BCUT2D eigenvalue weighted by Gasteiger charge is 2.34. The van der Waals surface area contributed by atoms with Gasteiger partial charge >= 0.3 is 0 Å². The van der Waals surface area contributed by atoms with Crippen LogP contribution in [0.4, 0.5) is 0 Å². The maximum absolute atomic E-state index is 10.7. The van der Waals surface area contributed by atoms with Crippen molar-refractivity contribution in [2.45, 2.75) is 60.3 Å². The summed E-state index contributed by atoms with van der Waals surface area (Å²) in [7, 11) is 0. The van der Waals surface area contributed by atoms with Crippen molar-refractivity contribution in [1.82, 2.24) is 0 Å². The van der Waals surface area contributed by atoms with Gasteiger partial charge in [0.2, 0.25) is 5.24 Å². The molecule has 2 heteroatoms. The lowest BCUT2D eigenvalue weighted by Gasteiger charge is -2.16. The van der Waals surface area contributed by atoms with Crippen LogP contribution in [-0.4, -0.2) is 5.24 Å². The highest BCUT2D eigenvalue weighted by molar-refractivity contribution is 6.64. The van der Waals surface area contributed by atoms with Crippen molar-refractivity contribution in [3.05, 3.63) is 0 Å². The quantitative estimate of drug-likeness (QED) is 0.582. The SMILES string of the molecule is CC.CC.CC1(C(=O)Cl)CCCC1. The Morgan fingerprint density at radius 2 is 1.38 bits per heavy atom. The highest BCUT2D eigenvalue weighted by atomic mass is 35.5. The van der Waals surface area contributed by atoms with Gasteiger partial charge in [0.15, 0.2) is 0 Å². The van der Waals surface area contributed by atoms with Gasteiger partial charge in [-0.15, -0.1) is 0 Å². The summed E-state index contributed by atoms with van der Waals surface area (Å²) in [5, 5.41) is -0.153. The minimum absolute atomic E-state index is 0.153. The second-order valence-electron chi connectivity index (χ2n) is 3.04. The van der Waals surface area contributed by atoms with Crippen LogP contribution in [0.1, 0.15) is 60.3 Å². The number of rotatable bonds is 1. The molecular formula is C11H23ClO. The third-order valence-corrected chi connectivity index (χ3v) is 2.64. The van der Waals surface area contributed by atoms with Crippen molar-refractivity contribution < 1.29 is 4.79 Å². The first-order chi connectivity index (χ1) is 6.15. The number of halogens is 1. The van der Waals surface area contributed by atoms with Gasteiger partial charge in [-0.25, -0.2) is 0 Å². The lowest BCUT2D eigenvalue weighted by molar-refractivity contribution is -0.119. The van der Waals surface area contributed by atoms with Crippen molar-refractivity contribution in [3.8, 4) is 0 Å². The fourth-order valence-electron chi connectivity index (χ4n) is 1.35. The molecule has 0 unspecified atom stereocenters. The summed E-state index contributed by atoms with van der Waals surface area (Å²) in [6, 6.07) is 0. The molecule has 0 bridgehead atoms. The van der Waals surface area contributed by atoms with Crippen LogP contribution in [-0.2, 0) is 4.79 Å². The Labute approximate surface area is 87.9 Å². The van der Waals surface area contributed by atoms with Gasteiger partial charge in [0.1, 0.15) is 0 Å². The predicted octanol–water partition coefficient (Wildman–Crippen LogP) is 4.38. The maximum Gasteiger partial charge on any atom is 0.227 e. The van der Waals surface area contributed by atoms with Crippen LogP contribution in [0.5, 0.6) is 0 Å². The Morgan fingerprint density at radius 1 is 1.08 bits per heavy atom. The van der Waals surface area contributed by atoms with Gasteiger partial charge in [-0.05, 0) is 24.4 Å². The van der Waals surface area contributed by atoms with Gasteiger partial charge in [0, 0.05) is 5.41 Å². The molecule has 0 aromatic carbocycles. The van der Waals surface area contributed by atoms with Gasteiger partial charge < -0.3 is 0 Å². The monoisotopic (exact) mass is 206 g/mol. The maximum atomic E-state index is 10.7. The fraction of sp³-hybridized carbons (Fsp3) is 0.909. The second kappa shape index (κ2) is 8.55. The Balaban J connectivity index is 0. The zero-order chi connectivity index (χ0) is 10.9. The topological polar surface area (TPSA) is 17.1 Å². The highest BCUT2D eigenvalue weighted by Crippen LogP contribution is 2.39. The first-order valence-corrected chi connectivity index (χ1v) is 5.73. The van der Waals surface area contributed by atoms with Gasteiger partial charge in [-0.2, -0.15) is 0 Å². The molecule has 0 N–H and O–H groups in total. The largest absolute Gasteiger partial charge is 0.281 e. The fourth-order valence-corrected chi connectivity index (χ4v) is 1.54. The number of carbonyl (C=O) groups is 1. The van der Waals surface area contributed by atoms with E-state index in [2.05, 4.69) is 0 Å². The Hall–Kier alpha value is -0.0400. The van der Waals surface area contributed by atoms with Gasteiger partial charge in [0.05, 0.1) is 0 Å². The van der Waals surface area contributed by atoms with Crippen LogP contribution in [0.15, 0.2) is 0 Å². The molecule has 0 spiro atoms. The Bertz CT molecular complexity index is 126. The molecule has 1 rings (SSSR count). The number of hydrogen-bond donors (Lipinski definition) is 0. The third-order valence-electron chi connectivity index (χ3n) is 2.18. The van der Waals surface area contributed by atoms with E-state index in [-0.39, 0.29) is 10.7 Å². The Morgan fingerprint density at radius 3 is 1.54 bits per heavy atom. The molecule has 1 aliphatic carbocycles. The second-order valence-corrected chi connectivity index (χ2v) is 3.38. The summed E-state index contributed by atoms with van der Waals surface area (Å²) in [6.07, 6.45) is 4.29. The van der Waals surface area contributed by atoms with E-state index in [0.717, 1.165) is 25.7 Å². The summed E-state index contributed by atoms with van der Waals surface area (Å²) in [4.78, 5) is 10.7. The van der Waals surface area contributed by atoms with E-state index in [1.54, 1.807) is 0 Å². The molecule has 0 amide bonds. The molecule has 0 radical (unpaired) electrons. The van der Waals surface area contributed by atoms with E-state index >= 15 is 0 Å². The minimum Gasteiger partial charge on any atom is -0.281 e. The summed E-state index contributed by atoms with van der Waals surface area (Å²) < 4.78 is 0. The molecule has 1 fully saturated rings. The van der Waals surface area contributed by atoms with Crippen molar-refractivity contribution in [1.29, 1.82) is 0 Å². The average molecular weight is 207 g/mol. The Kier molecular flexibility index (Phi) is 10.2. The van der Waals surface area contributed by atoms with Crippen LogP contribution in [0.3, 0.4) is 0 Å². The molecule has 0 aliphatic heterocycles. The molecule has 0 aromatic rings. The molecule has 0 saturated heterocycles. The lowest BCUT2D eigenvalue weighted by atomic mass is 9.91. The van der Waals surface area contributed by atoms with Crippen molar-refractivity contribution in [2.24, 2.45) is 5.41 Å². The van der Waals surface area contributed by atoms with Crippen molar-refractivity contribution in [3.63, 3.8) is 0 Å². The molecule has 0 aromatic heterocycles. The van der Waals surface area contributed by atoms with E-state index in [1.807, 2.05) is 34.6 Å². The first-order valence-electron chi connectivity index (χ1n) is 5.35. The zero-order valence-corrected chi connectivity index (χ0v) is 10.4. The van der Waals surface area contributed by atoms with E-state index < -0.39 is 0 Å². The molecule has 1 saturated carbocycles. The summed E-state index contributed by atoms with van der Waals surface area (Å²) in [5.74, 6) is 0. The van der Waals surface area contributed by atoms with E-state index in [9.17, 15) is 4.79 Å². The minimum atomic E-state index is -0.179. The van der Waals surface area contributed by atoms with E-state index in [4.69, 9.17) is 11.6 Å². The number of hydrogen-bond acceptors (Lipinski definition) is 1. The molecule has 1 aliphatic rings. The zero-order valence-electron chi connectivity index (χ0n) is 9.61. The van der Waals surface area contributed by atoms with Gasteiger partial charge in [0.25, 0.3) is 0 Å². The summed E-state index contributed by atoms with van der Waals surface area (Å²) in [5.41, 5.74) is -0.179. The van der Waals surface area contributed by atoms with Crippen LogP contribution in [0.2, 0.25) is 0 Å². The molecule has 0 heterocycles. The molecular weight excluding hydrogens is 184 g/mol. The van der Waals surface area contributed by atoms with Gasteiger partial charge in [-0.3, -0.25) is 4.79 Å². The summed E-state index contributed by atoms with van der Waals surface area (Å²) in [6.45, 7) is 9.95. The smallest absolute Gasteiger partial charge is 0.227 e. The van der Waals surface area contributed by atoms with Crippen LogP contribution >= 0.6 is 11.6 Å². The molecule has 0 atom stereocenters. The summed E-state index contributed by atoms with van der Waals surface area (Å²) >= 11 is 5.39. The van der Waals surface area contributed by atoms with Crippen molar-refractivity contribution >= 4 is 16.8 Å². The van der Waals surface area contributed by atoms with E-state index in [1.165, 1.54) is 0 Å². The average Bonchev–Trinajstić information content (AvgIpc) is 2.61. The predicted molar refractivity (Wildman–Crippen MR) is 60.1 cm³/mol. The first kappa shape index (κ1) is 15.4.